The molecule has 0 bridgehead atoms. The molecule has 0 radical (unpaired) electrons. The molecule has 2 heterocycles. The lowest BCUT2D eigenvalue weighted by atomic mass is 9.87. The molecule has 6 heteroatoms. The van der Waals surface area contributed by atoms with Gasteiger partial charge in [-0.05, 0) is 29.0 Å². The summed E-state index contributed by atoms with van der Waals surface area (Å²) < 4.78 is 1.09. The molecule has 0 aliphatic carbocycles. The summed E-state index contributed by atoms with van der Waals surface area (Å²) in [6.45, 7) is 2.30. The molecule has 0 atom stereocenters. The minimum Gasteiger partial charge on any atom is -0.481 e. The molecule has 0 spiro atoms. The molecule has 2 rings (SSSR count). The fourth-order valence-electron chi connectivity index (χ4n) is 2.06. The van der Waals surface area contributed by atoms with E-state index in [1.807, 2.05) is 12.4 Å². The Morgan fingerprint density at radius 3 is 2.82 bits per heavy atom. The third kappa shape index (κ3) is 2.88. The molecule has 1 aromatic rings. The van der Waals surface area contributed by atoms with Crippen LogP contribution in [0.15, 0.2) is 15.9 Å². The van der Waals surface area contributed by atoms with Gasteiger partial charge in [-0.15, -0.1) is 11.3 Å². The molecule has 1 aliphatic rings. The number of likely N-dealkylation sites (N-methyl/N-ethyl adjacent to an activating group) is 1. The largest absolute Gasteiger partial charge is 0.481 e. The highest BCUT2D eigenvalue weighted by Crippen LogP contribution is 2.28. The van der Waals surface area contributed by atoms with Gasteiger partial charge in [0.25, 0.3) is 0 Å². The van der Waals surface area contributed by atoms with Gasteiger partial charge in [-0.3, -0.25) is 9.69 Å². The molecule has 94 valence electrons. The van der Waals surface area contributed by atoms with E-state index in [1.54, 1.807) is 11.3 Å². The van der Waals surface area contributed by atoms with Crippen LogP contribution in [0.5, 0.6) is 0 Å². The van der Waals surface area contributed by atoms with Gasteiger partial charge in [-0.25, -0.2) is 0 Å². The van der Waals surface area contributed by atoms with E-state index in [0.29, 0.717) is 0 Å². The van der Waals surface area contributed by atoms with Gasteiger partial charge in [-0.2, -0.15) is 0 Å². The van der Waals surface area contributed by atoms with Gasteiger partial charge in [0.1, 0.15) is 0 Å². The van der Waals surface area contributed by atoms with E-state index < -0.39 is 5.97 Å². The molecule has 0 amide bonds. The van der Waals surface area contributed by atoms with E-state index >= 15 is 0 Å². The highest BCUT2D eigenvalue weighted by molar-refractivity contribution is 9.10. The smallest absolute Gasteiger partial charge is 0.305 e. The summed E-state index contributed by atoms with van der Waals surface area (Å²) in [5.41, 5.74) is -0.220. The van der Waals surface area contributed by atoms with Gasteiger partial charge in [0.2, 0.25) is 0 Å². The van der Waals surface area contributed by atoms with Crippen molar-refractivity contribution in [1.82, 2.24) is 10.2 Å². The fourth-order valence-corrected chi connectivity index (χ4v) is 3.57. The first-order valence-corrected chi connectivity index (χ1v) is 7.06. The van der Waals surface area contributed by atoms with Gasteiger partial charge in [0.15, 0.2) is 0 Å². The van der Waals surface area contributed by atoms with Crippen LogP contribution in [-0.4, -0.2) is 41.7 Å². The Balaban J connectivity index is 2.02. The Labute approximate surface area is 113 Å². The quantitative estimate of drug-likeness (QED) is 0.868. The molecule has 0 saturated carbocycles. The summed E-state index contributed by atoms with van der Waals surface area (Å²) in [6.07, 6.45) is 0.197. The van der Waals surface area contributed by atoms with Gasteiger partial charge in [0, 0.05) is 34.4 Å². The average Bonchev–Trinajstić information content (AvgIpc) is 2.57. The topological polar surface area (TPSA) is 52.6 Å². The van der Waals surface area contributed by atoms with Crippen LogP contribution < -0.4 is 5.32 Å². The summed E-state index contributed by atoms with van der Waals surface area (Å²) in [5.74, 6) is -0.731. The van der Waals surface area contributed by atoms with Crippen molar-refractivity contribution >= 4 is 33.2 Å². The predicted octanol–water partition coefficient (Wildman–Crippen LogP) is 1.76. The fraction of sp³-hybridized carbons (Fsp3) is 0.545. The van der Waals surface area contributed by atoms with Crippen LogP contribution in [0.2, 0.25) is 0 Å². The molecule has 1 aliphatic heterocycles. The molecule has 1 saturated heterocycles. The minimum absolute atomic E-state index is 0.197. The first-order chi connectivity index (χ1) is 8.02. The summed E-state index contributed by atoms with van der Waals surface area (Å²) >= 11 is 5.12. The van der Waals surface area contributed by atoms with Gasteiger partial charge >= 0.3 is 5.97 Å². The Morgan fingerprint density at radius 2 is 2.41 bits per heavy atom. The molecule has 1 aromatic heterocycles. The van der Waals surface area contributed by atoms with E-state index in [4.69, 9.17) is 5.11 Å². The van der Waals surface area contributed by atoms with Crippen LogP contribution in [0.25, 0.3) is 0 Å². The Kier molecular flexibility index (Phi) is 3.87. The van der Waals surface area contributed by atoms with Crippen LogP contribution in [0.4, 0.5) is 0 Å². The number of halogens is 1. The van der Waals surface area contributed by atoms with E-state index in [2.05, 4.69) is 32.2 Å². The Hall–Kier alpha value is -0.430. The second kappa shape index (κ2) is 5.06. The third-order valence-electron chi connectivity index (χ3n) is 3.21. The number of hydrogen-bond donors (Lipinski definition) is 2. The first-order valence-electron chi connectivity index (χ1n) is 5.38. The van der Waals surface area contributed by atoms with E-state index in [-0.39, 0.29) is 12.0 Å². The molecule has 2 N–H and O–H groups in total. The highest BCUT2D eigenvalue weighted by Gasteiger charge is 2.42. The number of nitrogens with one attached hydrogen (secondary N) is 1. The van der Waals surface area contributed by atoms with Gasteiger partial charge < -0.3 is 10.4 Å². The standard InChI is InChI=1S/C11H15BrN2O2S/c1-14(4-9-2-8(12)5-17-9)11(3-10(15)16)6-13-7-11/h2,5,13H,3-4,6-7H2,1H3,(H,15,16). The van der Waals surface area contributed by atoms with Crippen LogP contribution in [0.3, 0.4) is 0 Å². The zero-order chi connectivity index (χ0) is 12.5. The number of carboxylic acids is 1. The van der Waals surface area contributed by atoms with Crippen LogP contribution >= 0.6 is 27.3 Å². The van der Waals surface area contributed by atoms with Gasteiger partial charge in [-0.1, -0.05) is 0 Å². The SMILES string of the molecule is CN(Cc1cc(Br)cs1)C1(CC(=O)O)CNC1. The van der Waals surface area contributed by atoms with Crippen LogP contribution in [-0.2, 0) is 11.3 Å². The van der Waals surface area contributed by atoms with Crippen molar-refractivity contribution in [3.63, 3.8) is 0 Å². The summed E-state index contributed by atoms with van der Waals surface area (Å²) in [5, 5.41) is 14.2. The lowest BCUT2D eigenvalue weighted by molar-refractivity contribution is -0.141. The summed E-state index contributed by atoms with van der Waals surface area (Å²) in [7, 11) is 2.00. The number of nitrogens with zero attached hydrogens (tertiary/aromatic N) is 1. The van der Waals surface area contributed by atoms with E-state index in [0.717, 1.165) is 24.1 Å². The number of aliphatic carboxylic acids is 1. The maximum absolute atomic E-state index is 10.9. The minimum atomic E-state index is -0.731. The average molecular weight is 319 g/mol. The summed E-state index contributed by atoms with van der Waals surface area (Å²) in [6, 6.07) is 2.09. The van der Waals surface area contributed by atoms with Crippen molar-refractivity contribution in [2.45, 2.75) is 18.5 Å². The van der Waals surface area contributed by atoms with Gasteiger partial charge in [0.05, 0.1) is 12.0 Å². The van der Waals surface area contributed by atoms with Crippen molar-refractivity contribution in [2.75, 3.05) is 20.1 Å². The van der Waals surface area contributed by atoms with Crippen molar-refractivity contribution < 1.29 is 9.90 Å². The number of carboxylic acid groups (broad SMARTS) is 1. The molecule has 1 fully saturated rings. The highest BCUT2D eigenvalue weighted by atomic mass is 79.9. The Bertz CT molecular complexity index is 417. The maximum Gasteiger partial charge on any atom is 0.305 e. The van der Waals surface area contributed by atoms with Crippen LogP contribution in [0.1, 0.15) is 11.3 Å². The molecule has 17 heavy (non-hydrogen) atoms. The van der Waals surface area contributed by atoms with E-state index in [9.17, 15) is 4.79 Å². The molecule has 0 aromatic carbocycles. The second-order valence-corrected chi connectivity index (χ2v) is 6.40. The third-order valence-corrected chi connectivity index (χ3v) is 4.90. The van der Waals surface area contributed by atoms with Crippen molar-refractivity contribution in [1.29, 1.82) is 0 Å². The van der Waals surface area contributed by atoms with Crippen molar-refractivity contribution in [3.8, 4) is 0 Å². The molecular weight excluding hydrogens is 304 g/mol. The monoisotopic (exact) mass is 318 g/mol. The number of hydrogen-bond acceptors (Lipinski definition) is 4. The second-order valence-electron chi connectivity index (χ2n) is 4.49. The number of thiophene rings is 1. The summed E-state index contributed by atoms with van der Waals surface area (Å²) in [4.78, 5) is 14.3. The predicted molar refractivity (Wildman–Crippen MR) is 71.3 cm³/mol. The number of rotatable bonds is 5. The Morgan fingerprint density at radius 1 is 1.71 bits per heavy atom. The van der Waals surface area contributed by atoms with E-state index in [1.165, 1.54) is 4.88 Å². The van der Waals surface area contributed by atoms with Crippen molar-refractivity contribution in [2.24, 2.45) is 0 Å². The zero-order valence-electron chi connectivity index (χ0n) is 9.57. The lowest BCUT2D eigenvalue weighted by Gasteiger charge is -2.48. The first kappa shape index (κ1) is 13.0. The maximum atomic E-state index is 10.9. The molecule has 0 unspecified atom stereocenters. The molecule has 4 nitrogen and oxygen atoms in total. The van der Waals surface area contributed by atoms with Crippen molar-refractivity contribution in [3.05, 3.63) is 20.8 Å². The normalized spacial score (nSPS) is 18.1. The number of carbonyl (C=O) groups is 1. The zero-order valence-corrected chi connectivity index (χ0v) is 12.0. The van der Waals surface area contributed by atoms with Crippen LogP contribution in [0, 0.1) is 0 Å². The molecular formula is C11H15BrN2O2S. The lowest BCUT2D eigenvalue weighted by Crippen LogP contribution is -2.68.